The standard InChI is InChI=1S/C21H28O3/c1-12(2)14-6-9-18-16(19(14)24-5)7-8-17-13(3)15(20(22)23)10-11-21(17,18)4/h6,9,12,17H,7-8,10-11H2,1-5H3,(H,22,23)/t17-,21+/m0/s1. The molecule has 0 fully saturated rings. The van der Waals surface area contributed by atoms with Gasteiger partial charge in [0.1, 0.15) is 5.75 Å². The molecule has 1 aromatic carbocycles. The van der Waals surface area contributed by atoms with Crippen molar-refractivity contribution in [1.29, 1.82) is 0 Å². The van der Waals surface area contributed by atoms with Crippen LogP contribution in [0.2, 0.25) is 0 Å². The summed E-state index contributed by atoms with van der Waals surface area (Å²) in [6, 6.07) is 4.49. The minimum absolute atomic E-state index is 0.0133. The fourth-order valence-electron chi connectivity index (χ4n) is 4.99. The lowest BCUT2D eigenvalue weighted by Crippen LogP contribution is -2.41. The van der Waals surface area contributed by atoms with Crippen molar-refractivity contribution >= 4 is 5.97 Å². The van der Waals surface area contributed by atoms with Crippen molar-refractivity contribution in [1.82, 2.24) is 0 Å². The van der Waals surface area contributed by atoms with Crippen LogP contribution in [0.5, 0.6) is 5.75 Å². The van der Waals surface area contributed by atoms with E-state index in [0.717, 1.165) is 30.6 Å². The Bertz CT molecular complexity index is 714. The van der Waals surface area contributed by atoms with E-state index in [1.165, 1.54) is 16.7 Å². The number of ether oxygens (including phenoxy) is 1. The number of carboxylic acid groups (broad SMARTS) is 1. The number of hydrogen-bond acceptors (Lipinski definition) is 2. The molecule has 0 saturated heterocycles. The molecular formula is C21H28O3. The van der Waals surface area contributed by atoms with Gasteiger partial charge in [-0.3, -0.25) is 0 Å². The van der Waals surface area contributed by atoms with Gasteiger partial charge in [0.2, 0.25) is 0 Å². The SMILES string of the molecule is COc1c(C(C)C)ccc2c1CC[C@H]1C(C)=C(C(=O)O)CC[C@@]21C. The minimum Gasteiger partial charge on any atom is -0.496 e. The number of aliphatic carboxylic acids is 1. The van der Waals surface area contributed by atoms with Crippen LogP contribution in [0.3, 0.4) is 0 Å². The molecule has 0 saturated carbocycles. The van der Waals surface area contributed by atoms with Gasteiger partial charge in [-0.25, -0.2) is 4.79 Å². The van der Waals surface area contributed by atoms with Crippen LogP contribution in [0.15, 0.2) is 23.3 Å². The van der Waals surface area contributed by atoms with Crippen molar-refractivity contribution in [3.63, 3.8) is 0 Å². The molecule has 2 atom stereocenters. The third-order valence-electron chi connectivity index (χ3n) is 6.34. The number of benzene rings is 1. The summed E-state index contributed by atoms with van der Waals surface area (Å²) >= 11 is 0. The van der Waals surface area contributed by atoms with Gasteiger partial charge in [0.15, 0.2) is 0 Å². The summed E-state index contributed by atoms with van der Waals surface area (Å²) in [5.74, 6) is 1.06. The normalized spacial score (nSPS) is 26.2. The monoisotopic (exact) mass is 328 g/mol. The summed E-state index contributed by atoms with van der Waals surface area (Å²) < 4.78 is 5.81. The van der Waals surface area contributed by atoms with Crippen molar-refractivity contribution in [2.75, 3.05) is 7.11 Å². The van der Waals surface area contributed by atoms with Crippen LogP contribution < -0.4 is 4.74 Å². The predicted molar refractivity (Wildman–Crippen MR) is 95.8 cm³/mol. The summed E-state index contributed by atoms with van der Waals surface area (Å²) in [5, 5.41) is 9.48. The average molecular weight is 328 g/mol. The first-order chi connectivity index (χ1) is 11.3. The summed E-state index contributed by atoms with van der Waals surface area (Å²) in [6.45, 7) is 8.73. The van der Waals surface area contributed by atoms with E-state index >= 15 is 0 Å². The highest BCUT2D eigenvalue weighted by atomic mass is 16.5. The Hall–Kier alpha value is -1.77. The van der Waals surface area contributed by atoms with Gasteiger partial charge in [-0.15, -0.1) is 0 Å². The van der Waals surface area contributed by atoms with Crippen LogP contribution in [0.25, 0.3) is 0 Å². The number of fused-ring (bicyclic) bond motifs is 3. The van der Waals surface area contributed by atoms with E-state index in [0.29, 0.717) is 23.8 Å². The zero-order valence-electron chi connectivity index (χ0n) is 15.4. The van der Waals surface area contributed by atoms with E-state index < -0.39 is 5.97 Å². The summed E-state index contributed by atoms with van der Waals surface area (Å²) in [5.41, 5.74) is 5.70. The van der Waals surface area contributed by atoms with E-state index in [9.17, 15) is 9.90 Å². The van der Waals surface area contributed by atoms with Crippen molar-refractivity contribution in [2.45, 2.75) is 64.7 Å². The lowest BCUT2D eigenvalue weighted by molar-refractivity contribution is -0.133. The maximum absolute atomic E-state index is 11.5. The maximum atomic E-state index is 11.5. The van der Waals surface area contributed by atoms with Crippen molar-refractivity contribution in [3.05, 3.63) is 40.0 Å². The molecule has 1 aromatic rings. The maximum Gasteiger partial charge on any atom is 0.331 e. The van der Waals surface area contributed by atoms with Gasteiger partial charge in [-0.2, -0.15) is 0 Å². The zero-order chi connectivity index (χ0) is 17.6. The van der Waals surface area contributed by atoms with Gasteiger partial charge in [0.25, 0.3) is 0 Å². The lowest BCUT2D eigenvalue weighted by atomic mass is 9.56. The van der Waals surface area contributed by atoms with E-state index in [1.54, 1.807) is 7.11 Å². The summed E-state index contributed by atoms with van der Waals surface area (Å²) in [4.78, 5) is 11.5. The quantitative estimate of drug-likeness (QED) is 0.864. The minimum atomic E-state index is -0.743. The molecule has 0 aromatic heterocycles. The number of carbonyl (C=O) groups is 1. The zero-order valence-corrected chi connectivity index (χ0v) is 15.4. The Morgan fingerprint density at radius 3 is 2.62 bits per heavy atom. The van der Waals surface area contributed by atoms with Crippen LogP contribution in [-0.2, 0) is 16.6 Å². The first kappa shape index (κ1) is 17.1. The van der Waals surface area contributed by atoms with Gasteiger partial charge in [-0.05, 0) is 66.5 Å². The molecule has 24 heavy (non-hydrogen) atoms. The second kappa shape index (κ2) is 5.94. The molecule has 130 valence electrons. The molecule has 2 aliphatic rings. The summed E-state index contributed by atoms with van der Waals surface area (Å²) in [6.07, 6.45) is 3.52. The molecule has 3 nitrogen and oxygen atoms in total. The van der Waals surface area contributed by atoms with E-state index in [-0.39, 0.29) is 5.41 Å². The molecule has 0 heterocycles. The van der Waals surface area contributed by atoms with Crippen molar-refractivity contribution in [2.24, 2.45) is 5.92 Å². The molecule has 3 rings (SSSR count). The molecule has 0 radical (unpaired) electrons. The third-order valence-corrected chi connectivity index (χ3v) is 6.34. The van der Waals surface area contributed by atoms with Crippen LogP contribution in [0.4, 0.5) is 0 Å². The lowest BCUT2D eigenvalue weighted by Gasteiger charge is -2.47. The van der Waals surface area contributed by atoms with Crippen LogP contribution in [-0.4, -0.2) is 18.2 Å². The van der Waals surface area contributed by atoms with Crippen LogP contribution in [0, 0.1) is 5.92 Å². The Kier molecular flexibility index (Phi) is 4.23. The number of allylic oxidation sites excluding steroid dienone is 1. The molecule has 2 aliphatic carbocycles. The van der Waals surface area contributed by atoms with Gasteiger partial charge in [-0.1, -0.05) is 38.5 Å². The number of hydrogen-bond donors (Lipinski definition) is 1. The molecule has 0 spiro atoms. The smallest absolute Gasteiger partial charge is 0.331 e. The average Bonchev–Trinajstić information content (AvgIpc) is 2.53. The Balaban J connectivity index is 2.15. The molecule has 0 amide bonds. The Morgan fingerprint density at radius 2 is 2.04 bits per heavy atom. The first-order valence-electron chi connectivity index (χ1n) is 8.94. The van der Waals surface area contributed by atoms with Crippen LogP contribution >= 0.6 is 0 Å². The number of rotatable bonds is 3. The third kappa shape index (κ3) is 2.37. The fourth-order valence-corrected chi connectivity index (χ4v) is 4.99. The molecule has 3 heteroatoms. The highest BCUT2D eigenvalue weighted by Gasteiger charge is 2.46. The van der Waals surface area contributed by atoms with Gasteiger partial charge >= 0.3 is 5.97 Å². The van der Waals surface area contributed by atoms with Crippen molar-refractivity contribution in [3.8, 4) is 5.75 Å². The second-order valence-corrected chi connectivity index (χ2v) is 7.84. The fraction of sp³-hybridized carbons (Fsp3) is 0.571. The van der Waals surface area contributed by atoms with E-state index in [4.69, 9.17) is 4.74 Å². The van der Waals surface area contributed by atoms with E-state index in [1.807, 2.05) is 6.92 Å². The molecule has 1 N–H and O–H groups in total. The topological polar surface area (TPSA) is 46.5 Å². The molecule has 0 bridgehead atoms. The van der Waals surface area contributed by atoms with Crippen LogP contribution in [0.1, 0.15) is 69.6 Å². The largest absolute Gasteiger partial charge is 0.496 e. The highest BCUT2D eigenvalue weighted by molar-refractivity contribution is 5.88. The van der Waals surface area contributed by atoms with Crippen molar-refractivity contribution < 1.29 is 14.6 Å². The van der Waals surface area contributed by atoms with Gasteiger partial charge in [0, 0.05) is 5.57 Å². The van der Waals surface area contributed by atoms with Gasteiger partial charge < -0.3 is 9.84 Å². The Morgan fingerprint density at radius 1 is 1.33 bits per heavy atom. The molecule has 0 aliphatic heterocycles. The van der Waals surface area contributed by atoms with Gasteiger partial charge in [0.05, 0.1) is 7.11 Å². The molecule has 0 unspecified atom stereocenters. The summed E-state index contributed by atoms with van der Waals surface area (Å²) in [7, 11) is 1.77. The molecular weight excluding hydrogens is 300 g/mol. The van der Waals surface area contributed by atoms with E-state index in [2.05, 4.69) is 32.9 Å². The number of carboxylic acids is 1. The predicted octanol–water partition coefficient (Wildman–Crippen LogP) is 4.83. The Labute approximate surface area is 144 Å². The first-order valence-corrected chi connectivity index (χ1v) is 8.94. The second-order valence-electron chi connectivity index (χ2n) is 7.84. The number of methoxy groups -OCH3 is 1. The highest BCUT2D eigenvalue weighted by Crippen LogP contribution is 2.54.